The minimum Gasteiger partial charge on any atom is -0.482 e. The highest BCUT2D eigenvalue weighted by molar-refractivity contribution is 5.88. The van der Waals surface area contributed by atoms with Crippen molar-refractivity contribution in [2.24, 2.45) is 0 Å². The third kappa shape index (κ3) is 4.51. The molecule has 0 spiro atoms. The summed E-state index contributed by atoms with van der Waals surface area (Å²) in [6.07, 6.45) is -0.272. The topological polar surface area (TPSA) is 30.5 Å². The molecule has 3 nitrogen and oxygen atoms in total. The van der Waals surface area contributed by atoms with Gasteiger partial charge in [0.25, 0.3) is 0 Å². The normalized spacial score (nSPS) is 13.0. The number of halogens is 1. The van der Waals surface area contributed by atoms with Crippen molar-refractivity contribution in [2.45, 2.75) is 12.2 Å². The Morgan fingerprint density at radius 1 is 0.880 bits per heavy atom. The van der Waals surface area contributed by atoms with Gasteiger partial charge in [-0.2, -0.15) is 0 Å². The van der Waals surface area contributed by atoms with Crippen LogP contribution in [0.4, 0.5) is 0 Å². The maximum Gasteiger partial charge on any atom is 0.151 e. The van der Waals surface area contributed by atoms with Gasteiger partial charge in [0, 0.05) is 19.0 Å². The molecule has 0 aliphatic carbocycles. The molecule has 0 bridgehead atoms. The van der Waals surface area contributed by atoms with Crippen molar-refractivity contribution in [1.82, 2.24) is 5.32 Å². The molecule has 2 atom stereocenters. The van der Waals surface area contributed by atoms with Crippen LogP contribution in [0.15, 0.2) is 72.8 Å². The van der Waals surface area contributed by atoms with Crippen LogP contribution in [0.3, 0.4) is 0 Å². The van der Waals surface area contributed by atoms with Crippen LogP contribution < -0.4 is 10.1 Å². The SMILES string of the molecule is CNC[C@@H](OC)[C@@H](Oc1cccc2ccccc12)c1ccccc1.Cl. The third-order valence-electron chi connectivity index (χ3n) is 4.18. The van der Waals surface area contributed by atoms with Crippen molar-refractivity contribution in [3.8, 4) is 5.75 Å². The molecule has 3 aromatic rings. The van der Waals surface area contributed by atoms with Crippen molar-refractivity contribution in [3.63, 3.8) is 0 Å². The van der Waals surface area contributed by atoms with Gasteiger partial charge in [0.05, 0.1) is 0 Å². The highest BCUT2D eigenvalue weighted by Gasteiger charge is 2.25. The van der Waals surface area contributed by atoms with Gasteiger partial charge in [-0.3, -0.25) is 0 Å². The summed E-state index contributed by atoms with van der Waals surface area (Å²) in [6.45, 7) is 0.709. The zero-order valence-corrected chi connectivity index (χ0v) is 15.3. The number of hydrogen-bond acceptors (Lipinski definition) is 3. The second-order valence-corrected chi connectivity index (χ2v) is 5.76. The summed E-state index contributed by atoms with van der Waals surface area (Å²) in [4.78, 5) is 0. The van der Waals surface area contributed by atoms with E-state index in [9.17, 15) is 0 Å². The summed E-state index contributed by atoms with van der Waals surface area (Å²) in [7, 11) is 3.65. The molecule has 0 amide bonds. The third-order valence-corrected chi connectivity index (χ3v) is 4.18. The number of fused-ring (bicyclic) bond motifs is 1. The van der Waals surface area contributed by atoms with Gasteiger partial charge in [-0.1, -0.05) is 66.7 Å². The monoisotopic (exact) mass is 357 g/mol. The highest BCUT2D eigenvalue weighted by Crippen LogP contribution is 2.31. The van der Waals surface area contributed by atoms with Crippen LogP contribution >= 0.6 is 12.4 Å². The zero-order valence-electron chi connectivity index (χ0n) is 14.5. The quantitative estimate of drug-likeness (QED) is 0.669. The first kappa shape index (κ1) is 19.3. The van der Waals surface area contributed by atoms with E-state index in [-0.39, 0.29) is 24.6 Å². The number of methoxy groups -OCH3 is 1. The van der Waals surface area contributed by atoms with Crippen LogP contribution in [0.5, 0.6) is 5.75 Å². The van der Waals surface area contributed by atoms with Gasteiger partial charge >= 0.3 is 0 Å². The largest absolute Gasteiger partial charge is 0.482 e. The molecule has 4 heteroatoms. The van der Waals surface area contributed by atoms with E-state index in [0.717, 1.165) is 16.7 Å². The Balaban J connectivity index is 0.00000225. The van der Waals surface area contributed by atoms with E-state index in [0.29, 0.717) is 6.54 Å². The van der Waals surface area contributed by atoms with Crippen LogP contribution in [-0.4, -0.2) is 26.8 Å². The molecule has 1 N–H and O–H groups in total. The van der Waals surface area contributed by atoms with Gasteiger partial charge in [-0.15, -0.1) is 12.4 Å². The minimum atomic E-state index is -0.186. The first-order valence-corrected chi connectivity index (χ1v) is 8.20. The van der Waals surface area contributed by atoms with Crippen molar-refractivity contribution in [3.05, 3.63) is 78.4 Å². The van der Waals surface area contributed by atoms with Gasteiger partial charge in [-0.05, 0) is 24.1 Å². The Hall–Kier alpha value is -2.07. The van der Waals surface area contributed by atoms with Crippen molar-refractivity contribution in [1.29, 1.82) is 0 Å². The number of ether oxygens (including phenoxy) is 2. The molecule has 25 heavy (non-hydrogen) atoms. The molecule has 0 aromatic heterocycles. The van der Waals surface area contributed by atoms with Crippen LogP contribution in [0.2, 0.25) is 0 Å². The summed E-state index contributed by atoms with van der Waals surface area (Å²) in [6, 6.07) is 24.6. The molecule has 0 aliphatic heterocycles. The Kier molecular flexibility index (Phi) is 7.26. The minimum absolute atomic E-state index is 0. The second kappa shape index (κ2) is 9.42. The van der Waals surface area contributed by atoms with Gasteiger partial charge < -0.3 is 14.8 Å². The van der Waals surface area contributed by atoms with Crippen LogP contribution in [0, 0.1) is 0 Å². The van der Waals surface area contributed by atoms with E-state index in [1.54, 1.807) is 7.11 Å². The lowest BCUT2D eigenvalue weighted by molar-refractivity contribution is 0.00328. The number of nitrogens with one attached hydrogen (secondary N) is 1. The van der Waals surface area contributed by atoms with Crippen LogP contribution in [0.25, 0.3) is 10.8 Å². The Labute approximate surface area is 155 Å². The number of hydrogen-bond donors (Lipinski definition) is 1. The molecule has 0 saturated heterocycles. The van der Waals surface area contributed by atoms with E-state index >= 15 is 0 Å². The lowest BCUT2D eigenvalue weighted by Gasteiger charge is -2.28. The lowest BCUT2D eigenvalue weighted by atomic mass is 10.0. The molecule has 0 unspecified atom stereocenters. The molecular formula is C21H24ClNO2. The Morgan fingerprint density at radius 3 is 2.28 bits per heavy atom. The maximum atomic E-state index is 6.45. The summed E-state index contributed by atoms with van der Waals surface area (Å²) in [5, 5.41) is 5.47. The Morgan fingerprint density at radius 2 is 1.56 bits per heavy atom. The van der Waals surface area contributed by atoms with E-state index in [1.165, 1.54) is 5.39 Å². The average Bonchev–Trinajstić information content (AvgIpc) is 2.65. The second-order valence-electron chi connectivity index (χ2n) is 5.76. The van der Waals surface area contributed by atoms with Crippen molar-refractivity contribution >= 4 is 23.2 Å². The standard InChI is InChI=1S/C21H23NO2.ClH/c1-22-15-20(23-2)21(17-10-4-3-5-11-17)24-19-14-8-12-16-9-6-7-13-18(16)19;/h3-14,20-22H,15H2,1-2H3;1H/t20-,21+;/m1./s1. The number of rotatable bonds is 7. The molecule has 3 rings (SSSR count). The van der Waals surface area contributed by atoms with Gasteiger partial charge in [-0.25, -0.2) is 0 Å². The summed E-state index contributed by atoms with van der Waals surface area (Å²) < 4.78 is 12.2. The molecule has 0 fully saturated rings. The molecule has 0 radical (unpaired) electrons. The van der Waals surface area contributed by atoms with Crippen LogP contribution in [-0.2, 0) is 4.74 Å². The maximum absolute atomic E-state index is 6.45. The summed E-state index contributed by atoms with van der Waals surface area (Å²) in [5.41, 5.74) is 1.10. The predicted molar refractivity (Wildman–Crippen MR) is 106 cm³/mol. The molecule has 0 heterocycles. The van der Waals surface area contributed by atoms with E-state index in [2.05, 4.69) is 35.6 Å². The summed E-state index contributed by atoms with van der Waals surface area (Å²) in [5.74, 6) is 0.875. The zero-order chi connectivity index (χ0) is 16.8. The smallest absolute Gasteiger partial charge is 0.151 e. The van der Waals surface area contributed by atoms with Crippen LogP contribution in [0.1, 0.15) is 11.7 Å². The predicted octanol–water partition coefficient (Wildman–Crippen LogP) is 4.62. The first-order valence-electron chi connectivity index (χ1n) is 8.20. The fourth-order valence-corrected chi connectivity index (χ4v) is 2.95. The number of benzene rings is 3. The van der Waals surface area contributed by atoms with Gasteiger partial charge in [0.2, 0.25) is 0 Å². The fourth-order valence-electron chi connectivity index (χ4n) is 2.95. The fraction of sp³-hybridized carbons (Fsp3) is 0.238. The highest BCUT2D eigenvalue weighted by atomic mass is 35.5. The van der Waals surface area contributed by atoms with E-state index < -0.39 is 0 Å². The number of likely N-dealkylation sites (N-methyl/N-ethyl adjacent to an activating group) is 1. The van der Waals surface area contributed by atoms with Crippen molar-refractivity contribution in [2.75, 3.05) is 20.7 Å². The van der Waals surface area contributed by atoms with Gasteiger partial charge in [0.1, 0.15) is 11.9 Å². The lowest BCUT2D eigenvalue weighted by Crippen LogP contribution is -2.34. The molecular weight excluding hydrogens is 334 g/mol. The molecule has 132 valence electrons. The molecule has 3 aromatic carbocycles. The average molecular weight is 358 g/mol. The van der Waals surface area contributed by atoms with Gasteiger partial charge in [0.15, 0.2) is 6.10 Å². The van der Waals surface area contributed by atoms with Crippen molar-refractivity contribution < 1.29 is 9.47 Å². The van der Waals surface area contributed by atoms with E-state index in [4.69, 9.17) is 9.47 Å². The molecule has 0 aliphatic rings. The molecule has 0 saturated carbocycles. The Bertz CT molecular complexity index is 774. The first-order chi connectivity index (χ1) is 11.8. The summed E-state index contributed by atoms with van der Waals surface area (Å²) >= 11 is 0. The van der Waals surface area contributed by atoms with E-state index in [1.807, 2.05) is 49.5 Å².